The standard InChI is InChI=1S/C23H24Cl2N2O4/c1-2-3-4-15-5-7-20(8-6-15)27-13-16(9-22(27)29)23(30)31-14-21(28)26-19-11-17(24)10-18(25)12-19/h5-8,10-12,16H,2-4,9,13-14H2,1H3,(H,26,28). The van der Waals surface area contributed by atoms with Crippen LogP contribution >= 0.6 is 23.2 Å². The van der Waals surface area contributed by atoms with Gasteiger partial charge in [0.15, 0.2) is 6.61 Å². The summed E-state index contributed by atoms with van der Waals surface area (Å²) in [5, 5.41) is 3.33. The summed E-state index contributed by atoms with van der Waals surface area (Å²) in [7, 11) is 0. The number of unbranched alkanes of at least 4 members (excludes halogenated alkanes) is 1. The molecule has 1 fully saturated rings. The zero-order valence-electron chi connectivity index (χ0n) is 17.2. The number of carbonyl (C=O) groups is 3. The third-order valence-corrected chi connectivity index (χ3v) is 5.45. The third-order valence-electron chi connectivity index (χ3n) is 5.02. The van der Waals surface area contributed by atoms with Crippen molar-refractivity contribution >= 4 is 52.4 Å². The second-order valence-electron chi connectivity index (χ2n) is 7.49. The van der Waals surface area contributed by atoms with Crippen molar-refractivity contribution in [3.63, 3.8) is 0 Å². The molecule has 0 bridgehead atoms. The molecule has 1 aliphatic heterocycles. The Morgan fingerprint density at radius 2 is 1.81 bits per heavy atom. The summed E-state index contributed by atoms with van der Waals surface area (Å²) in [6.07, 6.45) is 3.31. The van der Waals surface area contributed by atoms with Crippen molar-refractivity contribution < 1.29 is 19.1 Å². The van der Waals surface area contributed by atoms with E-state index < -0.39 is 24.4 Å². The molecule has 1 saturated heterocycles. The molecule has 2 amide bonds. The van der Waals surface area contributed by atoms with Gasteiger partial charge in [0, 0.05) is 34.4 Å². The van der Waals surface area contributed by atoms with Gasteiger partial charge in [-0.1, -0.05) is 48.7 Å². The fraction of sp³-hybridized carbons (Fsp3) is 0.348. The van der Waals surface area contributed by atoms with Gasteiger partial charge >= 0.3 is 5.97 Å². The summed E-state index contributed by atoms with van der Waals surface area (Å²) in [5.74, 6) is -1.84. The van der Waals surface area contributed by atoms with Crippen molar-refractivity contribution in [3.05, 3.63) is 58.1 Å². The van der Waals surface area contributed by atoms with Gasteiger partial charge < -0.3 is 15.0 Å². The lowest BCUT2D eigenvalue weighted by atomic mass is 10.1. The zero-order chi connectivity index (χ0) is 22.4. The summed E-state index contributed by atoms with van der Waals surface area (Å²) in [6.45, 7) is 1.92. The molecule has 0 saturated carbocycles. The van der Waals surface area contributed by atoms with Crippen LogP contribution in [-0.2, 0) is 25.5 Å². The number of aryl methyl sites for hydroxylation is 1. The number of nitrogens with zero attached hydrogens (tertiary/aromatic N) is 1. The highest BCUT2D eigenvalue weighted by molar-refractivity contribution is 6.35. The first-order valence-corrected chi connectivity index (χ1v) is 10.9. The predicted molar refractivity (Wildman–Crippen MR) is 122 cm³/mol. The van der Waals surface area contributed by atoms with Gasteiger partial charge in [0.25, 0.3) is 5.91 Å². The van der Waals surface area contributed by atoms with Crippen molar-refractivity contribution in [1.29, 1.82) is 0 Å². The molecule has 31 heavy (non-hydrogen) atoms. The van der Waals surface area contributed by atoms with Crippen LogP contribution in [0.25, 0.3) is 0 Å². The fourth-order valence-corrected chi connectivity index (χ4v) is 3.94. The monoisotopic (exact) mass is 462 g/mol. The van der Waals surface area contributed by atoms with E-state index in [9.17, 15) is 14.4 Å². The molecule has 1 heterocycles. The van der Waals surface area contributed by atoms with Crippen LogP contribution < -0.4 is 10.2 Å². The molecule has 2 aromatic rings. The lowest BCUT2D eigenvalue weighted by Crippen LogP contribution is -2.28. The van der Waals surface area contributed by atoms with Crippen molar-refractivity contribution in [2.24, 2.45) is 5.92 Å². The number of rotatable bonds is 8. The van der Waals surface area contributed by atoms with Crippen LogP contribution in [0.2, 0.25) is 10.0 Å². The van der Waals surface area contributed by atoms with E-state index in [2.05, 4.69) is 12.2 Å². The average molecular weight is 463 g/mol. The van der Waals surface area contributed by atoms with E-state index in [0.29, 0.717) is 15.7 Å². The first-order valence-electron chi connectivity index (χ1n) is 10.2. The van der Waals surface area contributed by atoms with Gasteiger partial charge in [0.1, 0.15) is 0 Å². The molecular formula is C23H24Cl2N2O4. The lowest BCUT2D eigenvalue weighted by molar-refractivity contribution is -0.151. The Bertz CT molecular complexity index is 942. The summed E-state index contributed by atoms with van der Waals surface area (Å²) in [6, 6.07) is 12.4. The number of halogens is 2. The van der Waals surface area contributed by atoms with Crippen LogP contribution in [-0.4, -0.2) is 30.9 Å². The van der Waals surface area contributed by atoms with Crippen LogP contribution in [0, 0.1) is 5.92 Å². The second kappa shape index (κ2) is 10.6. The van der Waals surface area contributed by atoms with E-state index in [1.807, 2.05) is 24.3 Å². The van der Waals surface area contributed by atoms with E-state index in [0.717, 1.165) is 24.9 Å². The Balaban J connectivity index is 1.51. The van der Waals surface area contributed by atoms with E-state index in [1.165, 1.54) is 17.7 Å². The molecule has 1 N–H and O–H groups in total. The lowest BCUT2D eigenvalue weighted by Gasteiger charge is -2.17. The number of carbonyl (C=O) groups excluding carboxylic acids is 3. The quantitative estimate of drug-likeness (QED) is 0.567. The first-order chi connectivity index (χ1) is 14.9. The Morgan fingerprint density at radius 1 is 1.13 bits per heavy atom. The largest absolute Gasteiger partial charge is 0.455 e. The number of benzene rings is 2. The van der Waals surface area contributed by atoms with E-state index in [1.54, 1.807) is 11.0 Å². The number of anilines is 2. The minimum atomic E-state index is -0.610. The highest BCUT2D eigenvalue weighted by Crippen LogP contribution is 2.27. The molecule has 0 aliphatic carbocycles. The molecular weight excluding hydrogens is 439 g/mol. The van der Waals surface area contributed by atoms with E-state index in [-0.39, 0.29) is 18.9 Å². The smallest absolute Gasteiger partial charge is 0.311 e. The fourth-order valence-electron chi connectivity index (χ4n) is 3.42. The van der Waals surface area contributed by atoms with Crippen LogP contribution in [0.1, 0.15) is 31.7 Å². The molecule has 164 valence electrons. The van der Waals surface area contributed by atoms with E-state index in [4.69, 9.17) is 27.9 Å². The second-order valence-corrected chi connectivity index (χ2v) is 8.36. The van der Waals surface area contributed by atoms with Crippen LogP contribution in [0.5, 0.6) is 0 Å². The highest BCUT2D eigenvalue weighted by atomic mass is 35.5. The third kappa shape index (κ3) is 6.45. The Kier molecular flexibility index (Phi) is 7.93. The maximum atomic E-state index is 12.4. The molecule has 1 unspecified atom stereocenters. The number of amides is 2. The first kappa shape index (κ1) is 23.1. The Morgan fingerprint density at radius 3 is 2.45 bits per heavy atom. The number of nitrogens with one attached hydrogen (secondary N) is 1. The van der Waals surface area contributed by atoms with Crippen molar-refractivity contribution in [2.45, 2.75) is 32.6 Å². The molecule has 0 spiro atoms. The van der Waals surface area contributed by atoms with Gasteiger partial charge in [-0.2, -0.15) is 0 Å². The minimum Gasteiger partial charge on any atom is -0.455 e. The van der Waals surface area contributed by atoms with Gasteiger partial charge in [-0.05, 0) is 48.7 Å². The zero-order valence-corrected chi connectivity index (χ0v) is 18.7. The van der Waals surface area contributed by atoms with Gasteiger partial charge in [0.05, 0.1) is 5.92 Å². The maximum Gasteiger partial charge on any atom is 0.311 e. The van der Waals surface area contributed by atoms with Crippen molar-refractivity contribution in [1.82, 2.24) is 0 Å². The number of esters is 1. The molecule has 6 nitrogen and oxygen atoms in total. The minimum absolute atomic E-state index is 0.0575. The van der Waals surface area contributed by atoms with Crippen LogP contribution in [0.3, 0.4) is 0 Å². The predicted octanol–water partition coefficient (Wildman–Crippen LogP) is 4.87. The van der Waals surface area contributed by atoms with E-state index >= 15 is 0 Å². The maximum absolute atomic E-state index is 12.4. The number of hydrogen-bond donors (Lipinski definition) is 1. The molecule has 0 aromatic heterocycles. The summed E-state index contributed by atoms with van der Waals surface area (Å²) in [4.78, 5) is 38.4. The molecule has 1 atom stereocenters. The average Bonchev–Trinajstić information content (AvgIpc) is 3.12. The molecule has 8 heteroatoms. The normalized spacial score (nSPS) is 15.8. The van der Waals surface area contributed by atoms with Crippen molar-refractivity contribution in [3.8, 4) is 0 Å². The molecule has 3 rings (SSSR count). The van der Waals surface area contributed by atoms with Gasteiger partial charge in [-0.15, -0.1) is 0 Å². The highest BCUT2D eigenvalue weighted by Gasteiger charge is 2.36. The van der Waals surface area contributed by atoms with Gasteiger partial charge in [-0.3, -0.25) is 14.4 Å². The summed E-state index contributed by atoms with van der Waals surface area (Å²) < 4.78 is 5.12. The molecule has 1 aliphatic rings. The Hall–Kier alpha value is -2.57. The molecule has 2 aromatic carbocycles. The van der Waals surface area contributed by atoms with Gasteiger partial charge in [-0.25, -0.2) is 0 Å². The Labute approximate surface area is 191 Å². The van der Waals surface area contributed by atoms with Crippen molar-refractivity contribution in [2.75, 3.05) is 23.4 Å². The molecule has 0 radical (unpaired) electrons. The topological polar surface area (TPSA) is 75.7 Å². The van der Waals surface area contributed by atoms with Crippen LogP contribution in [0.4, 0.5) is 11.4 Å². The van der Waals surface area contributed by atoms with Gasteiger partial charge in [0.2, 0.25) is 5.91 Å². The van der Waals surface area contributed by atoms with Crippen LogP contribution in [0.15, 0.2) is 42.5 Å². The number of hydrogen-bond acceptors (Lipinski definition) is 4. The SMILES string of the molecule is CCCCc1ccc(N2CC(C(=O)OCC(=O)Nc3cc(Cl)cc(Cl)c3)CC2=O)cc1. The summed E-state index contributed by atoms with van der Waals surface area (Å²) >= 11 is 11.8. The number of ether oxygens (including phenoxy) is 1. The summed E-state index contributed by atoms with van der Waals surface area (Å²) in [5.41, 5.74) is 2.39.